The van der Waals surface area contributed by atoms with E-state index in [9.17, 15) is 9.59 Å². The Hall–Kier alpha value is -2.24. The summed E-state index contributed by atoms with van der Waals surface area (Å²) < 4.78 is 19.9. The van der Waals surface area contributed by atoms with Crippen molar-refractivity contribution in [3.05, 3.63) is 59.4 Å². The number of nitrogens with zero attached hydrogens (tertiary/aromatic N) is 3. The number of aryl methyl sites for hydroxylation is 1. The van der Waals surface area contributed by atoms with Gasteiger partial charge in [0.2, 0.25) is 0 Å². The van der Waals surface area contributed by atoms with Gasteiger partial charge in [0.1, 0.15) is 5.82 Å². The van der Waals surface area contributed by atoms with E-state index in [1.807, 2.05) is 19.9 Å². The fourth-order valence-electron chi connectivity index (χ4n) is 3.22. The summed E-state index contributed by atoms with van der Waals surface area (Å²) >= 11 is 10.5. The maximum Gasteiger partial charge on any atom is 0.347 e. The van der Waals surface area contributed by atoms with Gasteiger partial charge in [-0.25, -0.2) is 9.78 Å². The lowest BCUT2D eigenvalue weighted by molar-refractivity contribution is -0.150. The Kier molecular flexibility index (Phi) is 9.48. The number of hydrogen-bond acceptors (Lipinski definition) is 7. The number of carbonyl (C=O) groups is 1. The predicted molar refractivity (Wildman–Crippen MR) is 146 cm³/mol. The average Bonchev–Trinajstić information content (AvgIpc) is 2.84. The van der Waals surface area contributed by atoms with Gasteiger partial charge >= 0.3 is 5.97 Å². The highest BCUT2D eigenvalue weighted by atomic mass is 79.9. The van der Waals surface area contributed by atoms with Gasteiger partial charge < -0.3 is 14.2 Å². The topological polar surface area (TPSA) is 92.0 Å². The summed E-state index contributed by atoms with van der Waals surface area (Å²) in [4.78, 5) is 29.8. The summed E-state index contributed by atoms with van der Waals surface area (Å²) in [5.74, 6) is 0.805. The zero-order valence-electron chi connectivity index (χ0n) is 19.6. The Morgan fingerprint density at radius 3 is 2.54 bits per heavy atom. The second-order valence-electron chi connectivity index (χ2n) is 7.27. The van der Waals surface area contributed by atoms with Crippen LogP contribution in [-0.2, 0) is 16.0 Å². The molecule has 0 unspecified atom stereocenters. The summed E-state index contributed by atoms with van der Waals surface area (Å²) in [6.07, 6.45) is 1.22. The molecule has 186 valence electrons. The number of esters is 1. The van der Waals surface area contributed by atoms with Crippen LogP contribution in [-0.4, -0.2) is 41.2 Å². The van der Waals surface area contributed by atoms with E-state index in [-0.39, 0.29) is 12.2 Å². The predicted octanol–water partition coefficient (Wildman–Crippen LogP) is 5.86. The fourth-order valence-corrected chi connectivity index (χ4v) is 4.49. The smallest absolute Gasteiger partial charge is 0.347 e. The first-order valence-electron chi connectivity index (χ1n) is 10.9. The van der Waals surface area contributed by atoms with Gasteiger partial charge in [-0.2, -0.15) is 9.78 Å². The molecule has 3 rings (SSSR count). The summed E-state index contributed by atoms with van der Waals surface area (Å²) in [5.41, 5.74) is 0.967. The average molecular weight is 674 g/mol. The molecule has 0 amide bonds. The van der Waals surface area contributed by atoms with Crippen LogP contribution >= 0.6 is 47.8 Å². The minimum atomic E-state index is -0.842. The minimum absolute atomic E-state index is 0.255. The molecule has 3 aromatic rings. The SMILES string of the molecule is CCOC(=O)[C@@H](C)Oc1c(OCC)cc(C=Nn2c(CC)nc3ccc(Br)cc3c2=O)c(Br)c1Br. The van der Waals surface area contributed by atoms with E-state index in [1.165, 1.54) is 4.68 Å². The first kappa shape index (κ1) is 27.3. The molecule has 0 aliphatic carbocycles. The van der Waals surface area contributed by atoms with Crippen molar-refractivity contribution in [2.75, 3.05) is 13.2 Å². The molecular weight excluding hydrogens is 650 g/mol. The first-order valence-corrected chi connectivity index (χ1v) is 13.3. The Balaban J connectivity index is 2.07. The summed E-state index contributed by atoms with van der Waals surface area (Å²) in [5, 5.41) is 4.91. The maximum absolute atomic E-state index is 13.2. The third-order valence-corrected chi connectivity index (χ3v) is 7.51. The van der Waals surface area contributed by atoms with Crippen molar-refractivity contribution < 1.29 is 19.0 Å². The van der Waals surface area contributed by atoms with Crippen LogP contribution in [0.2, 0.25) is 0 Å². The van der Waals surface area contributed by atoms with Crippen LogP contribution in [0, 0.1) is 0 Å². The van der Waals surface area contributed by atoms with Crippen molar-refractivity contribution in [1.82, 2.24) is 9.66 Å². The molecule has 2 aromatic carbocycles. The molecule has 11 heteroatoms. The van der Waals surface area contributed by atoms with Crippen LogP contribution in [0.4, 0.5) is 0 Å². The van der Waals surface area contributed by atoms with Gasteiger partial charge in [-0.05, 0) is 76.9 Å². The van der Waals surface area contributed by atoms with Crippen molar-refractivity contribution in [2.45, 2.75) is 40.2 Å². The number of carbonyl (C=O) groups excluding carboxylic acids is 1. The molecule has 0 saturated carbocycles. The highest BCUT2D eigenvalue weighted by Crippen LogP contribution is 2.43. The highest BCUT2D eigenvalue weighted by molar-refractivity contribution is 9.13. The van der Waals surface area contributed by atoms with Crippen molar-refractivity contribution in [1.29, 1.82) is 0 Å². The zero-order valence-corrected chi connectivity index (χ0v) is 24.4. The van der Waals surface area contributed by atoms with E-state index in [0.29, 0.717) is 55.8 Å². The van der Waals surface area contributed by atoms with E-state index >= 15 is 0 Å². The molecule has 0 saturated heterocycles. The molecule has 8 nitrogen and oxygen atoms in total. The summed E-state index contributed by atoms with van der Waals surface area (Å²) in [6.45, 7) is 7.72. The van der Waals surface area contributed by atoms with Gasteiger partial charge in [0, 0.05) is 20.9 Å². The van der Waals surface area contributed by atoms with Crippen LogP contribution in [0.25, 0.3) is 10.9 Å². The summed E-state index contributed by atoms with van der Waals surface area (Å²) in [7, 11) is 0. The van der Waals surface area contributed by atoms with E-state index in [2.05, 4.69) is 57.9 Å². The molecule has 1 atom stereocenters. The van der Waals surface area contributed by atoms with Crippen LogP contribution in [0.15, 0.2) is 47.6 Å². The second-order valence-corrected chi connectivity index (χ2v) is 9.77. The molecule has 0 aliphatic heterocycles. The normalized spacial score (nSPS) is 12.2. The molecule has 0 N–H and O–H groups in total. The third kappa shape index (κ3) is 6.13. The molecule has 1 aromatic heterocycles. The highest BCUT2D eigenvalue weighted by Gasteiger charge is 2.23. The number of fused-ring (bicyclic) bond motifs is 1. The van der Waals surface area contributed by atoms with Crippen LogP contribution in [0.1, 0.15) is 39.1 Å². The Bertz CT molecular complexity index is 1340. The Labute approximate surface area is 228 Å². The molecule has 35 heavy (non-hydrogen) atoms. The van der Waals surface area contributed by atoms with Crippen LogP contribution < -0.4 is 15.0 Å². The van der Waals surface area contributed by atoms with E-state index in [4.69, 9.17) is 14.2 Å². The van der Waals surface area contributed by atoms with Gasteiger partial charge in [-0.15, -0.1) is 0 Å². The number of ether oxygens (including phenoxy) is 3. The Morgan fingerprint density at radius 2 is 1.89 bits per heavy atom. The third-order valence-electron chi connectivity index (χ3n) is 4.87. The van der Waals surface area contributed by atoms with Gasteiger partial charge in [-0.3, -0.25) is 4.79 Å². The molecule has 0 fully saturated rings. The van der Waals surface area contributed by atoms with E-state index in [1.54, 1.807) is 38.3 Å². The molecule has 0 spiro atoms. The van der Waals surface area contributed by atoms with Gasteiger partial charge in [-0.1, -0.05) is 22.9 Å². The monoisotopic (exact) mass is 671 g/mol. The maximum atomic E-state index is 13.2. The largest absolute Gasteiger partial charge is 0.490 e. The van der Waals surface area contributed by atoms with Crippen LogP contribution in [0.5, 0.6) is 11.5 Å². The lowest BCUT2D eigenvalue weighted by Crippen LogP contribution is -2.26. The molecule has 1 heterocycles. The number of hydrogen-bond donors (Lipinski definition) is 0. The first-order chi connectivity index (χ1) is 16.7. The van der Waals surface area contributed by atoms with E-state index in [0.717, 1.165) is 4.47 Å². The molecule has 0 aliphatic rings. The lowest BCUT2D eigenvalue weighted by Gasteiger charge is -2.19. The van der Waals surface area contributed by atoms with Crippen molar-refractivity contribution in [2.24, 2.45) is 5.10 Å². The number of halogens is 3. The standard InChI is InChI=1S/C24H24Br3N3O5/c1-5-19-29-17-9-8-15(25)11-16(17)23(31)30(19)28-12-14-10-18(33-6-2)22(21(27)20(14)26)35-13(4)24(32)34-7-3/h8-13H,5-7H2,1-4H3/t13-/m1/s1. The minimum Gasteiger partial charge on any atom is -0.490 e. The second kappa shape index (κ2) is 12.1. The molecule has 0 bridgehead atoms. The van der Waals surface area contributed by atoms with Crippen molar-refractivity contribution >= 4 is 70.9 Å². The van der Waals surface area contributed by atoms with Crippen molar-refractivity contribution in [3.8, 4) is 11.5 Å². The zero-order chi connectivity index (χ0) is 25.7. The van der Waals surface area contributed by atoms with E-state index < -0.39 is 12.1 Å². The number of benzene rings is 2. The van der Waals surface area contributed by atoms with Gasteiger partial charge in [0.25, 0.3) is 5.56 Å². The number of rotatable bonds is 9. The summed E-state index contributed by atoms with van der Waals surface area (Å²) in [6, 6.07) is 7.09. The van der Waals surface area contributed by atoms with Gasteiger partial charge in [0.15, 0.2) is 17.6 Å². The fraction of sp³-hybridized carbons (Fsp3) is 0.333. The molecule has 0 radical (unpaired) electrons. The lowest BCUT2D eigenvalue weighted by atomic mass is 10.2. The van der Waals surface area contributed by atoms with Gasteiger partial charge in [0.05, 0.1) is 34.8 Å². The Morgan fingerprint density at radius 1 is 1.14 bits per heavy atom. The quantitative estimate of drug-likeness (QED) is 0.209. The molecular formula is C24H24Br3N3O5. The van der Waals surface area contributed by atoms with Crippen LogP contribution in [0.3, 0.4) is 0 Å². The van der Waals surface area contributed by atoms with Crippen molar-refractivity contribution in [3.63, 3.8) is 0 Å². The number of aromatic nitrogens is 2.